The molecule has 0 saturated heterocycles. The summed E-state index contributed by atoms with van der Waals surface area (Å²) in [6.45, 7) is 1.62. The number of thiazole rings is 1. The average molecular weight is 291 g/mol. The van der Waals surface area contributed by atoms with E-state index in [-0.39, 0.29) is 5.92 Å². The molecule has 1 aromatic heterocycles. The lowest BCUT2D eigenvalue weighted by atomic mass is 9.98. The van der Waals surface area contributed by atoms with Gasteiger partial charge in [-0.05, 0) is 12.6 Å². The number of benzene rings is 1. The quantitative estimate of drug-likeness (QED) is 0.831. The first kappa shape index (κ1) is 14.1. The second kappa shape index (κ2) is 6.75. The number of hydrogen-bond acceptors (Lipinski definition) is 4. The number of nitrogens with zero attached hydrogens (tertiary/aromatic N) is 2. The molecule has 2 rings (SSSR count). The van der Waals surface area contributed by atoms with Gasteiger partial charge >= 0.3 is 0 Å². The van der Waals surface area contributed by atoms with Gasteiger partial charge in [-0.3, -0.25) is 4.90 Å². The first-order valence-corrected chi connectivity index (χ1v) is 7.42. The lowest BCUT2D eigenvalue weighted by molar-refractivity contribution is 0.320. The van der Waals surface area contributed by atoms with E-state index in [1.165, 1.54) is 5.56 Å². The van der Waals surface area contributed by atoms with E-state index < -0.39 is 0 Å². The normalized spacial score (nSPS) is 12.5. The summed E-state index contributed by atoms with van der Waals surface area (Å²) in [6.07, 6.45) is 0. The van der Waals surface area contributed by atoms with Crippen LogP contribution in [-0.2, 0) is 6.54 Å². The molecular formula is C14H17N3S2. The van der Waals surface area contributed by atoms with Crippen molar-refractivity contribution in [3.63, 3.8) is 0 Å². The molecule has 1 heterocycles. The van der Waals surface area contributed by atoms with Crippen LogP contribution in [0.25, 0.3) is 0 Å². The summed E-state index contributed by atoms with van der Waals surface area (Å²) >= 11 is 6.82. The van der Waals surface area contributed by atoms with Crippen molar-refractivity contribution in [1.29, 1.82) is 0 Å². The summed E-state index contributed by atoms with van der Waals surface area (Å²) in [7, 11) is 2.06. The molecule has 5 heteroatoms. The van der Waals surface area contributed by atoms with Crippen molar-refractivity contribution in [2.45, 2.75) is 12.5 Å². The van der Waals surface area contributed by atoms with Gasteiger partial charge in [0.2, 0.25) is 0 Å². The second-order valence-electron chi connectivity index (χ2n) is 4.54. The van der Waals surface area contributed by atoms with Crippen LogP contribution in [0.4, 0.5) is 0 Å². The molecule has 100 valence electrons. The van der Waals surface area contributed by atoms with Gasteiger partial charge < -0.3 is 5.73 Å². The highest BCUT2D eigenvalue weighted by Gasteiger charge is 2.17. The number of likely N-dealkylation sites (N-methyl/N-ethyl adjacent to an activating group) is 1. The zero-order valence-electron chi connectivity index (χ0n) is 10.8. The van der Waals surface area contributed by atoms with Crippen LogP contribution >= 0.6 is 23.6 Å². The Kier molecular flexibility index (Phi) is 5.01. The fourth-order valence-electron chi connectivity index (χ4n) is 2.01. The zero-order chi connectivity index (χ0) is 13.7. The molecule has 0 aliphatic carbocycles. The van der Waals surface area contributed by atoms with Crippen molar-refractivity contribution in [2.24, 2.45) is 5.73 Å². The molecule has 0 amide bonds. The summed E-state index contributed by atoms with van der Waals surface area (Å²) in [5, 5.41) is 2.06. The molecule has 2 aromatic rings. The van der Waals surface area contributed by atoms with Crippen molar-refractivity contribution in [3.05, 3.63) is 52.5 Å². The van der Waals surface area contributed by atoms with Crippen LogP contribution in [0.15, 0.2) is 41.2 Å². The van der Waals surface area contributed by atoms with Crippen LogP contribution in [0.1, 0.15) is 17.2 Å². The van der Waals surface area contributed by atoms with E-state index in [1.807, 2.05) is 23.7 Å². The molecule has 0 aliphatic rings. The minimum atomic E-state index is 0.0832. The fourth-order valence-corrected chi connectivity index (χ4v) is 2.77. The predicted octanol–water partition coefficient (Wildman–Crippen LogP) is 2.64. The third kappa shape index (κ3) is 4.09. The zero-order valence-corrected chi connectivity index (χ0v) is 12.5. The second-order valence-corrected chi connectivity index (χ2v) is 5.73. The molecule has 19 heavy (non-hydrogen) atoms. The van der Waals surface area contributed by atoms with Crippen LogP contribution in [-0.4, -0.2) is 28.5 Å². The molecule has 1 unspecified atom stereocenters. The van der Waals surface area contributed by atoms with Crippen LogP contribution in [0, 0.1) is 0 Å². The molecular weight excluding hydrogens is 274 g/mol. The predicted molar refractivity (Wildman–Crippen MR) is 84.4 cm³/mol. The molecule has 2 N–H and O–H groups in total. The molecule has 0 fully saturated rings. The van der Waals surface area contributed by atoms with Gasteiger partial charge in [-0.25, -0.2) is 4.98 Å². The molecule has 0 spiro atoms. The molecule has 0 bridgehead atoms. The Bertz CT molecular complexity index is 511. The minimum absolute atomic E-state index is 0.0832. The maximum atomic E-state index is 5.88. The Morgan fingerprint density at radius 1 is 1.42 bits per heavy atom. The molecule has 0 aliphatic heterocycles. The minimum Gasteiger partial charge on any atom is -0.393 e. The Morgan fingerprint density at radius 2 is 2.16 bits per heavy atom. The molecule has 1 atom stereocenters. The lowest BCUT2D eigenvalue weighted by Gasteiger charge is -2.23. The highest BCUT2D eigenvalue weighted by Crippen LogP contribution is 2.18. The van der Waals surface area contributed by atoms with E-state index in [4.69, 9.17) is 18.0 Å². The first-order valence-electron chi connectivity index (χ1n) is 6.06. The van der Waals surface area contributed by atoms with Gasteiger partial charge in [-0.2, -0.15) is 0 Å². The standard InChI is InChI=1S/C14H17N3S2/c1-17(7-12-9-19-10-16-12)8-13(14(15)18)11-5-3-2-4-6-11/h2-6,9-10,13H,7-8H2,1H3,(H2,15,18). The van der Waals surface area contributed by atoms with Crippen molar-refractivity contribution in [2.75, 3.05) is 13.6 Å². The largest absolute Gasteiger partial charge is 0.393 e. The number of thiocarbonyl (C=S) groups is 1. The Morgan fingerprint density at radius 3 is 2.74 bits per heavy atom. The van der Waals surface area contributed by atoms with Crippen molar-refractivity contribution in [3.8, 4) is 0 Å². The lowest BCUT2D eigenvalue weighted by Crippen LogP contribution is -2.31. The monoisotopic (exact) mass is 291 g/mol. The molecule has 3 nitrogen and oxygen atoms in total. The van der Waals surface area contributed by atoms with Gasteiger partial charge in [-0.1, -0.05) is 42.5 Å². The number of hydrogen-bond donors (Lipinski definition) is 1. The van der Waals surface area contributed by atoms with Gasteiger partial charge in [0.05, 0.1) is 16.2 Å². The van der Waals surface area contributed by atoms with Gasteiger partial charge in [0.15, 0.2) is 0 Å². The topological polar surface area (TPSA) is 42.2 Å². The third-order valence-electron chi connectivity index (χ3n) is 2.96. The number of nitrogens with two attached hydrogens (primary N) is 1. The number of aromatic nitrogens is 1. The summed E-state index contributed by atoms with van der Waals surface area (Å²) < 4.78 is 0. The van der Waals surface area contributed by atoms with Gasteiger partial charge in [0.1, 0.15) is 0 Å². The average Bonchev–Trinajstić information content (AvgIpc) is 2.89. The molecule has 0 radical (unpaired) electrons. The SMILES string of the molecule is CN(Cc1cscn1)CC(C(N)=S)c1ccccc1. The van der Waals surface area contributed by atoms with Crippen LogP contribution < -0.4 is 5.73 Å². The smallest absolute Gasteiger partial charge is 0.0816 e. The summed E-state index contributed by atoms with van der Waals surface area (Å²) in [6, 6.07) is 10.2. The van der Waals surface area contributed by atoms with E-state index in [1.54, 1.807) is 11.3 Å². The number of rotatable bonds is 6. The Labute approximate surface area is 123 Å². The Hall–Kier alpha value is -1.30. The van der Waals surface area contributed by atoms with Crippen LogP contribution in [0.2, 0.25) is 0 Å². The van der Waals surface area contributed by atoms with Gasteiger partial charge in [-0.15, -0.1) is 11.3 Å². The van der Waals surface area contributed by atoms with E-state index in [0.29, 0.717) is 4.99 Å². The van der Waals surface area contributed by atoms with Gasteiger partial charge in [0.25, 0.3) is 0 Å². The summed E-state index contributed by atoms with van der Waals surface area (Å²) in [5.41, 5.74) is 9.99. The Balaban J connectivity index is 2.03. The first-order chi connectivity index (χ1) is 9.16. The van der Waals surface area contributed by atoms with Crippen molar-refractivity contribution in [1.82, 2.24) is 9.88 Å². The van der Waals surface area contributed by atoms with E-state index in [0.717, 1.165) is 18.8 Å². The third-order valence-corrected chi connectivity index (χ3v) is 3.87. The highest BCUT2D eigenvalue weighted by atomic mass is 32.1. The maximum absolute atomic E-state index is 5.88. The summed E-state index contributed by atoms with van der Waals surface area (Å²) in [4.78, 5) is 7.03. The fraction of sp³-hybridized carbons (Fsp3) is 0.286. The van der Waals surface area contributed by atoms with Crippen LogP contribution in [0.5, 0.6) is 0 Å². The molecule has 0 saturated carbocycles. The van der Waals surface area contributed by atoms with Gasteiger partial charge in [0, 0.05) is 24.4 Å². The van der Waals surface area contributed by atoms with Crippen LogP contribution in [0.3, 0.4) is 0 Å². The summed E-state index contributed by atoms with van der Waals surface area (Å²) in [5.74, 6) is 0.0832. The maximum Gasteiger partial charge on any atom is 0.0816 e. The van der Waals surface area contributed by atoms with E-state index >= 15 is 0 Å². The van der Waals surface area contributed by atoms with Crippen molar-refractivity contribution >= 4 is 28.5 Å². The van der Waals surface area contributed by atoms with E-state index in [9.17, 15) is 0 Å². The molecule has 1 aromatic carbocycles. The van der Waals surface area contributed by atoms with E-state index in [2.05, 4.69) is 34.4 Å². The van der Waals surface area contributed by atoms with Crippen molar-refractivity contribution < 1.29 is 0 Å². The highest BCUT2D eigenvalue weighted by molar-refractivity contribution is 7.80.